The number of nitrogens with zero attached hydrogens (tertiary/aromatic N) is 1. The molecule has 4 nitrogen and oxygen atoms in total. The van der Waals surface area contributed by atoms with Crippen molar-refractivity contribution in [2.45, 2.75) is 25.4 Å². The first-order valence-electron chi connectivity index (χ1n) is 6.63. The molecule has 2 aliphatic heterocycles. The summed E-state index contributed by atoms with van der Waals surface area (Å²) >= 11 is 0. The number of urea groups is 1. The number of alkyl halides is 3. The van der Waals surface area contributed by atoms with Crippen molar-refractivity contribution >= 4 is 6.03 Å². The Morgan fingerprint density at radius 1 is 1.37 bits per heavy atom. The Bertz CT molecular complexity index is 340. The molecule has 0 saturated carbocycles. The summed E-state index contributed by atoms with van der Waals surface area (Å²) in [5.41, 5.74) is -0.811. The molecule has 1 spiro atoms. The monoisotopic (exact) mass is 279 g/mol. The Morgan fingerprint density at radius 3 is 2.53 bits per heavy atom. The third-order valence-corrected chi connectivity index (χ3v) is 4.43. The lowest BCUT2D eigenvalue weighted by Crippen LogP contribution is -2.59. The number of carbonyl (C=O) groups excluding carboxylic acids is 1. The molecule has 2 amide bonds. The highest BCUT2D eigenvalue weighted by atomic mass is 19.4. The standard InChI is InChI=1S/C12H20F3N3O/c1-16-10(19)18-7-2-9(12(13,14)15)11(8-18)3-5-17-6-4-11/h9,17H,2-8H2,1H3,(H,16,19)/t9-/m1/s1. The van der Waals surface area contributed by atoms with E-state index >= 15 is 0 Å². The number of piperidine rings is 2. The van der Waals surface area contributed by atoms with Crippen LogP contribution in [0.3, 0.4) is 0 Å². The maximum absolute atomic E-state index is 13.2. The minimum atomic E-state index is -4.17. The second kappa shape index (κ2) is 5.19. The summed E-state index contributed by atoms with van der Waals surface area (Å²) in [4.78, 5) is 13.2. The molecule has 0 aliphatic carbocycles. The maximum atomic E-state index is 13.2. The molecule has 2 saturated heterocycles. The van der Waals surface area contributed by atoms with Gasteiger partial charge >= 0.3 is 12.2 Å². The van der Waals surface area contributed by atoms with Crippen LogP contribution in [-0.2, 0) is 0 Å². The molecule has 110 valence electrons. The van der Waals surface area contributed by atoms with Crippen molar-refractivity contribution in [2.24, 2.45) is 11.3 Å². The molecular formula is C12H20F3N3O. The van der Waals surface area contributed by atoms with E-state index in [1.807, 2.05) is 0 Å². The van der Waals surface area contributed by atoms with E-state index in [0.717, 1.165) is 0 Å². The van der Waals surface area contributed by atoms with Gasteiger partial charge < -0.3 is 15.5 Å². The summed E-state index contributed by atoms with van der Waals surface area (Å²) in [6.45, 7) is 1.57. The van der Waals surface area contributed by atoms with Gasteiger partial charge in [0, 0.05) is 25.6 Å². The van der Waals surface area contributed by atoms with Crippen molar-refractivity contribution < 1.29 is 18.0 Å². The molecule has 0 radical (unpaired) electrons. The number of halogens is 3. The van der Waals surface area contributed by atoms with Crippen molar-refractivity contribution in [1.29, 1.82) is 0 Å². The smallest absolute Gasteiger partial charge is 0.341 e. The lowest BCUT2D eigenvalue weighted by molar-refractivity contribution is -0.225. The second-order valence-corrected chi connectivity index (χ2v) is 5.47. The number of likely N-dealkylation sites (tertiary alicyclic amines) is 1. The van der Waals surface area contributed by atoms with E-state index in [1.165, 1.54) is 11.9 Å². The van der Waals surface area contributed by atoms with Gasteiger partial charge in [0.15, 0.2) is 0 Å². The summed E-state index contributed by atoms with van der Waals surface area (Å²) in [5, 5.41) is 5.60. The lowest BCUT2D eigenvalue weighted by atomic mass is 9.65. The Labute approximate surface area is 110 Å². The third kappa shape index (κ3) is 2.80. The Balaban J connectivity index is 2.21. The fourth-order valence-corrected chi connectivity index (χ4v) is 3.43. The van der Waals surface area contributed by atoms with Gasteiger partial charge in [0.25, 0.3) is 0 Å². The number of amides is 2. The number of hydrogen-bond acceptors (Lipinski definition) is 2. The molecule has 2 rings (SSSR count). The number of hydrogen-bond donors (Lipinski definition) is 2. The molecule has 1 atom stereocenters. The molecular weight excluding hydrogens is 259 g/mol. The van der Waals surface area contributed by atoms with Gasteiger partial charge in [-0.3, -0.25) is 0 Å². The summed E-state index contributed by atoms with van der Waals surface area (Å²) in [6.07, 6.45) is -3.21. The fourth-order valence-electron chi connectivity index (χ4n) is 3.43. The van der Waals surface area contributed by atoms with Crippen molar-refractivity contribution in [1.82, 2.24) is 15.5 Å². The van der Waals surface area contributed by atoms with Gasteiger partial charge in [0.05, 0.1) is 5.92 Å². The molecule has 0 unspecified atom stereocenters. The number of carbonyl (C=O) groups is 1. The van der Waals surface area contributed by atoms with E-state index < -0.39 is 17.5 Å². The highest BCUT2D eigenvalue weighted by molar-refractivity contribution is 5.74. The normalized spacial score (nSPS) is 27.4. The molecule has 0 aromatic rings. The van der Waals surface area contributed by atoms with Gasteiger partial charge in [-0.05, 0) is 32.4 Å². The minimum absolute atomic E-state index is 0.0108. The number of rotatable bonds is 0. The summed E-state index contributed by atoms with van der Waals surface area (Å²) in [5.74, 6) is -1.29. The molecule has 2 aliphatic rings. The Morgan fingerprint density at radius 2 is 2.00 bits per heavy atom. The average molecular weight is 279 g/mol. The molecule has 0 aromatic carbocycles. The van der Waals surface area contributed by atoms with Crippen LogP contribution in [0.5, 0.6) is 0 Å². The fraction of sp³-hybridized carbons (Fsp3) is 0.917. The topological polar surface area (TPSA) is 44.4 Å². The minimum Gasteiger partial charge on any atom is -0.341 e. The van der Waals surface area contributed by atoms with E-state index in [1.54, 1.807) is 0 Å². The van der Waals surface area contributed by atoms with E-state index in [9.17, 15) is 18.0 Å². The van der Waals surface area contributed by atoms with Crippen molar-refractivity contribution in [2.75, 3.05) is 33.2 Å². The average Bonchev–Trinajstić information content (AvgIpc) is 2.37. The third-order valence-electron chi connectivity index (χ3n) is 4.43. The molecule has 0 aromatic heterocycles. The van der Waals surface area contributed by atoms with Crippen LogP contribution in [0, 0.1) is 11.3 Å². The van der Waals surface area contributed by atoms with Gasteiger partial charge in [0.1, 0.15) is 0 Å². The van der Waals surface area contributed by atoms with Crippen LogP contribution in [-0.4, -0.2) is 50.3 Å². The van der Waals surface area contributed by atoms with Crippen molar-refractivity contribution in [3.8, 4) is 0 Å². The summed E-state index contributed by atoms with van der Waals surface area (Å²) in [7, 11) is 1.51. The van der Waals surface area contributed by atoms with Gasteiger partial charge in [-0.1, -0.05) is 0 Å². The molecule has 7 heteroatoms. The van der Waals surface area contributed by atoms with Crippen LogP contribution in [0.15, 0.2) is 0 Å². The SMILES string of the molecule is CNC(=O)N1CC[C@@H](C(F)(F)F)C2(CCNCC2)C1. The first kappa shape index (κ1) is 14.4. The van der Waals surface area contributed by atoms with Gasteiger partial charge in [-0.2, -0.15) is 13.2 Å². The van der Waals surface area contributed by atoms with Crippen LogP contribution in [0.1, 0.15) is 19.3 Å². The zero-order valence-corrected chi connectivity index (χ0v) is 11.0. The molecule has 0 bridgehead atoms. The summed E-state index contributed by atoms with van der Waals surface area (Å²) in [6, 6.07) is -0.279. The molecule has 2 heterocycles. The van der Waals surface area contributed by atoms with Crippen LogP contribution in [0.25, 0.3) is 0 Å². The van der Waals surface area contributed by atoms with E-state index in [4.69, 9.17) is 0 Å². The first-order valence-corrected chi connectivity index (χ1v) is 6.63. The molecule has 2 N–H and O–H groups in total. The van der Waals surface area contributed by atoms with E-state index in [2.05, 4.69) is 10.6 Å². The van der Waals surface area contributed by atoms with Crippen LogP contribution in [0.2, 0.25) is 0 Å². The highest BCUT2D eigenvalue weighted by Crippen LogP contribution is 2.50. The van der Waals surface area contributed by atoms with Gasteiger partial charge in [0.2, 0.25) is 0 Å². The lowest BCUT2D eigenvalue weighted by Gasteiger charge is -2.50. The maximum Gasteiger partial charge on any atom is 0.392 e. The van der Waals surface area contributed by atoms with Crippen LogP contribution < -0.4 is 10.6 Å². The van der Waals surface area contributed by atoms with Crippen LogP contribution in [0.4, 0.5) is 18.0 Å². The molecule has 2 fully saturated rings. The zero-order valence-electron chi connectivity index (χ0n) is 11.0. The Kier molecular flexibility index (Phi) is 3.94. The summed E-state index contributed by atoms with van der Waals surface area (Å²) < 4.78 is 39.7. The van der Waals surface area contributed by atoms with Crippen LogP contribution >= 0.6 is 0 Å². The highest BCUT2D eigenvalue weighted by Gasteiger charge is 2.56. The molecule has 19 heavy (non-hydrogen) atoms. The largest absolute Gasteiger partial charge is 0.392 e. The van der Waals surface area contributed by atoms with Crippen molar-refractivity contribution in [3.05, 3.63) is 0 Å². The predicted octanol–water partition coefficient (Wildman–Crippen LogP) is 1.58. The second-order valence-electron chi connectivity index (χ2n) is 5.47. The number of nitrogens with one attached hydrogen (secondary N) is 2. The van der Waals surface area contributed by atoms with Gasteiger partial charge in [-0.25, -0.2) is 4.79 Å². The van der Waals surface area contributed by atoms with E-state index in [-0.39, 0.29) is 25.5 Å². The quantitative estimate of drug-likeness (QED) is 0.707. The zero-order chi connectivity index (χ0) is 14.1. The predicted molar refractivity (Wildman–Crippen MR) is 64.7 cm³/mol. The first-order chi connectivity index (χ1) is 8.89. The van der Waals surface area contributed by atoms with E-state index in [0.29, 0.717) is 25.9 Å². The Hall–Kier alpha value is -0.980. The van der Waals surface area contributed by atoms with Gasteiger partial charge in [-0.15, -0.1) is 0 Å². The van der Waals surface area contributed by atoms with Crippen molar-refractivity contribution in [3.63, 3.8) is 0 Å².